The van der Waals surface area contributed by atoms with Crippen LogP contribution in [0.4, 0.5) is 10.6 Å². The molecule has 2 fully saturated rings. The van der Waals surface area contributed by atoms with E-state index >= 15 is 0 Å². The van der Waals surface area contributed by atoms with Crippen molar-refractivity contribution in [2.24, 2.45) is 0 Å². The largest absolute Gasteiger partial charge is 0.354 e. The summed E-state index contributed by atoms with van der Waals surface area (Å²) in [5.41, 5.74) is 3.22. The number of carbonyl (C=O) groups excluding carboxylic acids is 1. The third-order valence-corrected chi connectivity index (χ3v) is 7.32. The second-order valence-electron chi connectivity index (χ2n) is 8.48. The zero-order valence-corrected chi connectivity index (χ0v) is 19.0. The third-order valence-electron chi connectivity index (χ3n) is 6.45. The number of fused-ring (bicyclic) bond motifs is 1. The van der Waals surface area contributed by atoms with Crippen LogP contribution in [-0.2, 0) is 0 Å². The minimum atomic E-state index is 0.0474. The smallest absolute Gasteiger partial charge is 0.317 e. The number of pyridine rings is 1. The highest BCUT2D eigenvalue weighted by Crippen LogP contribution is 2.40. The summed E-state index contributed by atoms with van der Waals surface area (Å²) in [4.78, 5) is 31.9. The van der Waals surface area contributed by atoms with Crippen molar-refractivity contribution >= 4 is 33.4 Å². The van der Waals surface area contributed by atoms with Crippen molar-refractivity contribution in [3.63, 3.8) is 0 Å². The highest BCUT2D eigenvalue weighted by molar-refractivity contribution is 7.17. The monoisotopic (exact) mass is 456 g/mol. The molecule has 5 heterocycles. The van der Waals surface area contributed by atoms with Crippen molar-refractivity contribution in [3.8, 4) is 22.5 Å². The predicted octanol–water partition coefficient (Wildman–Crippen LogP) is 4.41. The van der Waals surface area contributed by atoms with Crippen LogP contribution in [0.15, 0.2) is 60.2 Å². The highest BCUT2D eigenvalue weighted by atomic mass is 32.1. The molecule has 0 aliphatic carbocycles. The number of carbonyl (C=O) groups is 1. The molecule has 1 unspecified atom stereocenters. The number of urea groups is 1. The number of hydrogen-bond acceptors (Lipinski definition) is 6. The first-order chi connectivity index (χ1) is 16.3. The van der Waals surface area contributed by atoms with Gasteiger partial charge in [0.15, 0.2) is 5.82 Å². The molecule has 0 saturated carbocycles. The highest BCUT2D eigenvalue weighted by Gasteiger charge is 2.33. The maximum Gasteiger partial charge on any atom is 0.317 e. The predicted molar refractivity (Wildman–Crippen MR) is 131 cm³/mol. The van der Waals surface area contributed by atoms with Gasteiger partial charge in [0, 0.05) is 55.1 Å². The van der Waals surface area contributed by atoms with Gasteiger partial charge in [-0.1, -0.05) is 30.3 Å². The van der Waals surface area contributed by atoms with Gasteiger partial charge in [0.25, 0.3) is 0 Å². The van der Waals surface area contributed by atoms with Crippen LogP contribution < -0.4 is 10.2 Å². The van der Waals surface area contributed by atoms with Crippen LogP contribution in [0.3, 0.4) is 0 Å². The number of piperidine rings is 1. The Balaban J connectivity index is 1.48. The standard InChI is InChI=1S/C25H24N6OS/c32-25-27-11-13-31(25)19-9-5-12-30(15-19)23-21-20(17-6-2-1-3-7-17)16-33-24(21)29-22(28-23)18-8-4-10-26-14-18/h1-4,6-8,10,14,16,19H,5,9,11-13,15H2,(H,27,32). The van der Waals surface area contributed by atoms with E-state index in [-0.39, 0.29) is 12.1 Å². The fourth-order valence-corrected chi connectivity index (χ4v) is 5.78. The lowest BCUT2D eigenvalue weighted by atomic mass is 10.0. The summed E-state index contributed by atoms with van der Waals surface area (Å²) in [5, 5.41) is 6.22. The molecule has 1 aromatic carbocycles. The Hall–Kier alpha value is -3.52. The van der Waals surface area contributed by atoms with Crippen molar-refractivity contribution in [1.29, 1.82) is 0 Å². The van der Waals surface area contributed by atoms with Gasteiger partial charge < -0.3 is 15.1 Å². The number of nitrogens with one attached hydrogen (secondary N) is 1. The zero-order valence-electron chi connectivity index (χ0n) is 18.1. The van der Waals surface area contributed by atoms with E-state index in [0.29, 0.717) is 5.82 Å². The lowest BCUT2D eigenvalue weighted by Crippen LogP contribution is -2.49. The van der Waals surface area contributed by atoms with Gasteiger partial charge in [-0.2, -0.15) is 0 Å². The molecular weight excluding hydrogens is 432 g/mol. The van der Waals surface area contributed by atoms with Crippen molar-refractivity contribution < 1.29 is 4.79 Å². The van der Waals surface area contributed by atoms with Crippen LogP contribution in [-0.4, -0.2) is 58.1 Å². The van der Waals surface area contributed by atoms with Gasteiger partial charge in [0.05, 0.1) is 11.4 Å². The normalized spacial score (nSPS) is 18.7. The van der Waals surface area contributed by atoms with Crippen LogP contribution in [0, 0.1) is 0 Å². The van der Waals surface area contributed by atoms with E-state index in [9.17, 15) is 4.79 Å². The lowest BCUT2D eigenvalue weighted by molar-refractivity contribution is 0.189. The Bertz CT molecular complexity index is 1290. The second kappa shape index (κ2) is 8.44. The molecule has 4 aromatic rings. The van der Waals surface area contributed by atoms with Crippen LogP contribution in [0.5, 0.6) is 0 Å². The number of anilines is 1. The summed E-state index contributed by atoms with van der Waals surface area (Å²) in [7, 11) is 0. The molecule has 33 heavy (non-hydrogen) atoms. The molecule has 2 aliphatic heterocycles. The van der Waals surface area contributed by atoms with E-state index in [2.05, 4.69) is 44.8 Å². The van der Waals surface area contributed by atoms with E-state index in [1.807, 2.05) is 29.3 Å². The van der Waals surface area contributed by atoms with Gasteiger partial charge in [-0.05, 0) is 30.5 Å². The Morgan fingerprint density at radius 2 is 1.91 bits per heavy atom. The molecule has 166 valence electrons. The maximum atomic E-state index is 12.3. The van der Waals surface area contributed by atoms with Crippen molar-refractivity contribution in [3.05, 3.63) is 60.2 Å². The zero-order chi connectivity index (χ0) is 22.2. The van der Waals surface area contributed by atoms with E-state index in [0.717, 1.165) is 71.7 Å². The SMILES string of the molecule is O=C1NCCN1C1CCCN(c2nc(-c3cccnc3)nc3scc(-c4ccccc4)c23)C1. The minimum absolute atomic E-state index is 0.0474. The number of thiophene rings is 1. The molecule has 1 atom stereocenters. The van der Waals surface area contributed by atoms with Crippen molar-refractivity contribution in [2.45, 2.75) is 18.9 Å². The number of rotatable bonds is 4. The van der Waals surface area contributed by atoms with E-state index in [1.54, 1.807) is 17.5 Å². The molecular formula is C25H24N6OS. The molecule has 0 radical (unpaired) electrons. The Labute approximate surface area is 196 Å². The van der Waals surface area contributed by atoms with Crippen LogP contribution in [0.2, 0.25) is 0 Å². The molecule has 2 aliphatic rings. The molecule has 7 nitrogen and oxygen atoms in total. The van der Waals surface area contributed by atoms with Crippen molar-refractivity contribution in [1.82, 2.24) is 25.2 Å². The van der Waals surface area contributed by atoms with Gasteiger partial charge >= 0.3 is 6.03 Å². The number of amides is 2. The number of benzene rings is 1. The molecule has 0 spiro atoms. The Morgan fingerprint density at radius 3 is 2.70 bits per heavy atom. The van der Waals surface area contributed by atoms with Gasteiger partial charge in [0.1, 0.15) is 10.6 Å². The topological polar surface area (TPSA) is 74.2 Å². The quantitative estimate of drug-likeness (QED) is 0.492. The average molecular weight is 457 g/mol. The second-order valence-corrected chi connectivity index (χ2v) is 9.33. The third kappa shape index (κ3) is 3.70. The van der Waals surface area contributed by atoms with Crippen LogP contribution in [0.1, 0.15) is 12.8 Å². The first-order valence-electron chi connectivity index (χ1n) is 11.3. The van der Waals surface area contributed by atoms with E-state index in [4.69, 9.17) is 9.97 Å². The summed E-state index contributed by atoms with van der Waals surface area (Å²) in [6.45, 7) is 3.18. The van der Waals surface area contributed by atoms with Gasteiger partial charge in [-0.3, -0.25) is 4.98 Å². The number of aromatic nitrogens is 3. The maximum absolute atomic E-state index is 12.3. The fraction of sp³-hybridized carbons (Fsp3) is 0.280. The van der Waals surface area contributed by atoms with Crippen molar-refractivity contribution in [2.75, 3.05) is 31.1 Å². The molecule has 2 saturated heterocycles. The molecule has 6 rings (SSSR count). The van der Waals surface area contributed by atoms with Gasteiger partial charge in [-0.25, -0.2) is 14.8 Å². The molecule has 3 aromatic heterocycles. The number of hydrogen-bond donors (Lipinski definition) is 1. The minimum Gasteiger partial charge on any atom is -0.354 e. The average Bonchev–Trinajstić information content (AvgIpc) is 3.51. The first-order valence-corrected chi connectivity index (χ1v) is 12.2. The van der Waals surface area contributed by atoms with E-state index in [1.165, 1.54) is 0 Å². The molecule has 2 amide bonds. The van der Waals surface area contributed by atoms with Crippen LogP contribution in [0.25, 0.3) is 32.7 Å². The summed E-state index contributed by atoms with van der Waals surface area (Å²) in [6, 6.07) is 14.6. The molecule has 8 heteroatoms. The molecule has 1 N–H and O–H groups in total. The Kier molecular flexibility index (Phi) is 5.14. The molecule has 0 bridgehead atoms. The summed E-state index contributed by atoms with van der Waals surface area (Å²) in [5.74, 6) is 1.64. The fourth-order valence-electron chi connectivity index (χ4n) is 4.84. The Morgan fingerprint density at radius 1 is 1.03 bits per heavy atom. The van der Waals surface area contributed by atoms with Gasteiger partial charge in [0.2, 0.25) is 0 Å². The van der Waals surface area contributed by atoms with Crippen LogP contribution >= 0.6 is 11.3 Å². The summed E-state index contributed by atoms with van der Waals surface area (Å²) in [6.07, 6.45) is 5.61. The summed E-state index contributed by atoms with van der Waals surface area (Å²) >= 11 is 1.65. The number of nitrogens with zero attached hydrogens (tertiary/aromatic N) is 5. The van der Waals surface area contributed by atoms with Gasteiger partial charge in [-0.15, -0.1) is 11.3 Å². The first kappa shape index (κ1) is 20.1. The lowest BCUT2D eigenvalue weighted by Gasteiger charge is -2.38. The summed E-state index contributed by atoms with van der Waals surface area (Å²) < 4.78 is 0. The van der Waals surface area contributed by atoms with E-state index < -0.39 is 0 Å².